The van der Waals surface area contributed by atoms with E-state index >= 15 is 0 Å². The van der Waals surface area contributed by atoms with Crippen molar-refractivity contribution in [3.8, 4) is 5.75 Å². The van der Waals surface area contributed by atoms with E-state index in [0.29, 0.717) is 34.6 Å². The minimum absolute atomic E-state index is 0.0924. The van der Waals surface area contributed by atoms with Crippen molar-refractivity contribution in [2.75, 3.05) is 11.9 Å². The molecule has 0 heterocycles. The highest BCUT2D eigenvalue weighted by atomic mass is 79.9. The van der Waals surface area contributed by atoms with Gasteiger partial charge in [0.1, 0.15) is 5.75 Å². The first kappa shape index (κ1) is 18.8. The van der Waals surface area contributed by atoms with Gasteiger partial charge in [0.25, 0.3) is 0 Å². The van der Waals surface area contributed by atoms with Crippen LogP contribution in [0, 0.1) is 0 Å². The van der Waals surface area contributed by atoms with Crippen molar-refractivity contribution in [3.63, 3.8) is 0 Å². The number of halogens is 1. The molecule has 0 amide bonds. The molecule has 1 aliphatic rings. The molecular weight excluding hydrogens is 392 g/mol. The van der Waals surface area contributed by atoms with Crippen LogP contribution in [0.1, 0.15) is 70.4 Å². The average Bonchev–Trinajstić information content (AvgIpc) is 2.68. The number of ether oxygens (including phenoxy) is 1. The lowest BCUT2D eigenvalue weighted by Crippen LogP contribution is -2.20. The van der Waals surface area contributed by atoms with Crippen LogP contribution in [-0.2, 0) is 0 Å². The molecule has 3 nitrogen and oxygen atoms in total. The van der Waals surface area contributed by atoms with Crippen molar-refractivity contribution in [1.82, 2.24) is 0 Å². The fraction of sp³-hybridized carbons (Fsp3) is 0.364. The van der Waals surface area contributed by atoms with Crippen LogP contribution in [0.4, 0.5) is 0 Å². The van der Waals surface area contributed by atoms with E-state index in [1.165, 1.54) is 25.7 Å². The van der Waals surface area contributed by atoms with Crippen LogP contribution in [-0.4, -0.2) is 23.5 Å². The number of carbonyl (C=O) groups excluding carboxylic acids is 2. The largest absolute Gasteiger partial charge is 0.494 e. The number of ketones is 2. The molecule has 0 aliphatic heterocycles. The van der Waals surface area contributed by atoms with E-state index in [4.69, 9.17) is 4.74 Å². The number of carbonyl (C=O) groups is 2. The third-order valence-electron chi connectivity index (χ3n) is 4.69. The summed E-state index contributed by atoms with van der Waals surface area (Å²) >= 11 is 3.45. The predicted octanol–water partition coefficient (Wildman–Crippen LogP) is 5.58. The maximum absolute atomic E-state index is 12.7. The summed E-state index contributed by atoms with van der Waals surface area (Å²) in [7, 11) is 0. The van der Waals surface area contributed by atoms with E-state index in [2.05, 4.69) is 15.9 Å². The minimum Gasteiger partial charge on any atom is -0.494 e. The van der Waals surface area contributed by atoms with Gasteiger partial charge >= 0.3 is 0 Å². The molecule has 2 aromatic carbocycles. The van der Waals surface area contributed by atoms with Gasteiger partial charge in [0.2, 0.25) is 0 Å². The molecule has 4 heteroatoms. The molecule has 0 saturated carbocycles. The lowest BCUT2D eigenvalue weighted by molar-refractivity contribution is 0.0978. The fourth-order valence-electron chi connectivity index (χ4n) is 3.26. The Labute approximate surface area is 162 Å². The number of hydrogen-bond acceptors (Lipinski definition) is 3. The summed E-state index contributed by atoms with van der Waals surface area (Å²) < 4.78 is 5.80. The molecule has 1 aliphatic carbocycles. The molecule has 136 valence electrons. The second kappa shape index (κ2) is 9.13. The van der Waals surface area contributed by atoms with Gasteiger partial charge in [0.05, 0.1) is 6.61 Å². The fourth-order valence-corrected chi connectivity index (χ4v) is 3.66. The van der Waals surface area contributed by atoms with Gasteiger partial charge in [-0.05, 0) is 31.0 Å². The molecule has 0 atom stereocenters. The van der Waals surface area contributed by atoms with E-state index < -0.39 is 0 Å². The topological polar surface area (TPSA) is 43.4 Å². The van der Waals surface area contributed by atoms with E-state index in [-0.39, 0.29) is 11.6 Å². The van der Waals surface area contributed by atoms with Crippen LogP contribution in [0.25, 0.3) is 0 Å². The summed E-state index contributed by atoms with van der Waals surface area (Å²) in [5.74, 6) is 0.459. The van der Waals surface area contributed by atoms with Crippen LogP contribution in [0.5, 0.6) is 5.75 Å². The average molecular weight is 415 g/mol. The molecule has 3 rings (SSSR count). The van der Waals surface area contributed by atoms with E-state index in [1.807, 2.05) is 0 Å². The Hall–Kier alpha value is -1.94. The van der Waals surface area contributed by atoms with Crippen molar-refractivity contribution in [2.24, 2.45) is 0 Å². The lowest BCUT2D eigenvalue weighted by atomic mass is 9.84. The van der Waals surface area contributed by atoms with E-state index in [9.17, 15) is 9.59 Å². The number of fused-ring (bicyclic) bond motifs is 2. The smallest absolute Gasteiger partial charge is 0.194 e. The Balaban J connectivity index is 1.58. The van der Waals surface area contributed by atoms with Gasteiger partial charge in [-0.25, -0.2) is 0 Å². The highest BCUT2D eigenvalue weighted by Crippen LogP contribution is 2.29. The first-order valence-corrected chi connectivity index (χ1v) is 10.4. The third kappa shape index (κ3) is 4.24. The molecule has 0 N–H and O–H groups in total. The Morgan fingerprint density at radius 1 is 0.692 bits per heavy atom. The summed E-state index contributed by atoms with van der Waals surface area (Å²) in [6.07, 6.45) is 7.15. The van der Waals surface area contributed by atoms with Crippen molar-refractivity contribution < 1.29 is 14.3 Å². The van der Waals surface area contributed by atoms with Crippen LogP contribution in [0.3, 0.4) is 0 Å². The van der Waals surface area contributed by atoms with Gasteiger partial charge in [-0.15, -0.1) is 0 Å². The number of unbranched alkanes of at least 4 members (excludes halogenated alkanes) is 5. The molecule has 0 aromatic heterocycles. The third-order valence-corrected chi connectivity index (χ3v) is 5.25. The molecule has 2 aromatic rings. The quantitative estimate of drug-likeness (QED) is 0.339. The Bertz CT molecular complexity index is 798. The van der Waals surface area contributed by atoms with Crippen LogP contribution >= 0.6 is 15.9 Å². The SMILES string of the molecule is O=C1c2ccccc2C(=O)c2cc(OCCCCCCCCBr)ccc21. The molecule has 0 saturated heterocycles. The van der Waals surface area contributed by atoms with Gasteiger partial charge in [-0.3, -0.25) is 9.59 Å². The standard InChI is InChI=1S/C22H23BrO3/c23-13-7-3-1-2-4-8-14-26-16-11-12-19-20(15-16)22(25)18-10-6-5-9-17(18)21(19)24/h5-6,9-12,15H,1-4,7-8,13-14H2. The van der Waals surface area contributed by atoms with Gasteiger partial charge in [0, 0.05) is 27.6 Å². The second-order valence-corrected chi connectivity index (χ2v) is 7.36. The van der Waals surface area contributed by atoms with Gasteiger partial charge in [-0.2, -0.15) is 0 Å². The highest BCUT2D eigenvalue weighted by Gasteiger charge is 2.29. The summed E-state index contributed by atoms with van der Waals surface area (Å²) in [6, 6.07) is 12.2. The summed E-state index contributed by atoms with van der Waals surface area (Å²) in [4.78, 5) is 25.3. The molecule has 0 fully saturated rings. The minimum atomic E-state index is -0.104. The zero-order valence-electron chi connectivity index (χ0n) is 14.8. The summed E-state index contributed by atoms with van der Waals surface area (Å²) in [6.45, 7) is 0.635. The maximum Gasteiger partial charge on any atom is 0.194 e. The van der Waals surface area contributed by atoms with Crippen molar-refractivity contribution in [2.45, 2.75) is 38.5 Å². The van der Waals surface area contributed by atoms with Crippen molar-refractivity contribution in [3.05, 3.63) is 64.7 Å². The lowest BCUT2D eigenvalue weighted by Gasteiger charge is -2.18. The summed E-state index contributed by atoms with van der Waals surface area (Å²) in [5, 5.41) is 1.08. The van der Waals surface area contributed by atoms with Crippen LogP contribution in [0.2, 0.25) is 0 Å². The van der Waals surface area contributed by atoms with Crippen LogP contribution < -0.4 is 4.74 Å². The highest BCUT2D eigenvalue weighted by molar-refractivity contribution is 9.09. The van der Waals surface area contributed by atoms with Gasteiger partial charge in [-0.1, -0.05) is 65.9 Å². The molecule has 0 bridgehead atoms. The molecule has 0 unspecified atom stereocenters. The Morgan fingerprint density at radius 2 is 1.27 bits per heavy atom. The van der Waals surface area contributed by atoms with Crippen LogP contribution in [0.15, 0.2) is 42.5 Å². The number of rotatable bonds is 9. The zero-order valence-corrected chi connectivity index (χ0v) is 16.4. The van der Waals surface area contributed by atoms with E-state index in [0.717, 1.165) is 18.2 Å². The second-order valence-electron chi connectivity index (χ2n) is 6.57. The molecular formula is C22H23BrO3. The Morgan fingerprint density at radius 3 is 1.96 bits per heavy atom. The Kier molecular flexibility index (Phi) is 6.62. The first-order valence-electron chi connectivity index (χ1n) is 9.23. The normalized spacial score (nSPS) is 12.7. The molecule has 0 spiro atoms. The maximum atomic E-state index is 12.7. The molecule has 26 heavy (non-hydrogen) atoms. The van der Waals surface area contributed by atoms with E-state index in [1.54, 1.807) is 42.5 Å². The van der Waals surface area contributed by atoms with Gasteiger partial charge in [0.15, 0.2) is 11.6 Å². The first-order chi connectivity index (χ1) is 12.7. The van der Waals surface area contributed by atoms with Crippen molar-refractivity contribution >= 4 is 27.5 Å². The summed E-state index contributed by atoms with van der Waals surface area (Å²) in [5.41, 5.74) is 1.87. The number of benzene rings is 2. The van der Waals surface area contributed by atoms with Crippen molar-refractivity contribution in [1.29, 1.82) is 0 Å². The van der Waals surface area contributed by atoms with Gasteiger partial charge < -0.3 is 4.74 Å². The number of alkyl halides is 1. The number of hydrogen-bond donors (Lipinski definition) is 0. The molecule has 0 radical (unpaired) electrons. The predicted molar refractivity (Wildman–Crippen MR) is 107 cm³/mol. The zero-order chi connectivity index (χ0) is 18.4. The monoisotopic (exact) mass is 414 g/mol.